The molecule has 0 aliphatic rings. The van der Waals surface area contributed by atoms with Crippen molar-refractivity contribution < 1.29 is 9.21 Å². The van der Waals surface area contributed by atoms with E-state index in [1.54, 1.807) is 31.2 Å². The molecule has 2 rings (SSSR count). The molecule has 0 aliphatic heterocycles. The summed E-state index contributed by atoms with van der Waals surface area (Å²) < 4.78 is 5.74. The summed E-state index contributed by atoms with van der Waals surface area (Å²) in [7, 11) is 0. The lowest BCUT2D eigenvalue weighted by Crippen LogP contribution is -2.12. The second-order valence-electron chi connectivity index (χ2n) is 3.65. The molecule has 0 spiro atoms. The van der Waals surface area contributed by atoms with Crippen molar-refractivity contribution in [3.05, 3.63) is 51.9 Å². The molecule has 1 heterocycles. The van der Waals surface area contributed by atoms with Gasteiger partial charge in [0.05, 0.1) is 29.1 Å². The summed E-state index contributed by atoms with van der Waals surface area (Å²) in [5.41, 5.74) is 1.63. The monoisotopic (exact) mass is 304 g/mol. The second-order valence-corrected chi connectivity index (χ2v) is 4.51. The normalized spacial score (nSPS) is 9.83. The van der Waals surface area contributed by atoms with Gasteiger partial charge in [-0.25, -0.2) is 0 Å². The zero-order chi connectivity index (χ0) is 13.1. The molecule has 4 nitrogen and oxygen atoms in total. The van der Waals surface area contributed by atoms with Gasteiger partial charge in [0, 0.05) is 4.47 Å². The number of anilines is 1. The molecule has 1 aromatic carbocycles. The molecule has 0 atom stereocenters. The van der Waals surface area contributed by atoms with Crippen molar-refractivity contribution in [3.8, 4) is 6.07 Å². The minimum Gasteiger partial charge on any atom is -0.469 e. The molecule has 0 radical (unpaired) electrons. The average molecular weight is 305 g/mol. The van der Waals surface area contributed by atoms with Crippen LogP contribution in [0.1, 0.15) is 21.7 Å². The fraction of sp³-hybridized carbons (Fsp3) is 0.0769. The fourth-order valence-corrected chi connectivity index (χ4v) is 1.97. The minimum absolute atomic E-state index is 0.244. The van der Waals surface area contributed by atoms with Crippen molar-refractivity contribution in [1.29, 1.82) is 5.26 Å². The van der Waals surface area contributed by atoms with Gasteiger partial charge in [-0.3, -0.25) is 4.79 Å². The number of nitrogens with one attached hydrogen (secondary N) is 1. The highest BCUT2D eigenvalue weighted by Crippen LogP contribution is 2.24. The number of nitriles is 1. The van der Waals surface area contributed by atoms with Gasteiger partial charge in [0.1, 0.15) is 5.76 Å². The number of nitrogens with zero attached hydrogens (tertiary/aromatic N) is 1. The van der Waals surface area contributed by atoms with Crippen molar-refractivity contribution in [1.82, 2.24) is 0 Å². The number of hydrogen-bond acceptors (Lipinski definition) is 3. The Morgan fingerprint density at radius 2 is 2.22 bits per heavy atom. The first kappa shape index (κ1) is 12.4. The number of aryl methyl sites for hydroxylation is 1. The van der Waals surface area contributed by atoms with Crippen LogP contribution in [-0.2, 0) is 0 Å². The van der Waals surface area contributed by atoms with E-state index >= 15 is 0 Å². The third-order valence-corrected chi connectivity index (χ3v) is 3.11. The molecule has 90 valence electrons. The van der Waals surface area contributed by atoms with E-state index in [2.05, 4.69) is 21.2 Å². The maximum atomic E-state index is 11.9. The van der Waals surface area contributed by atoms with E-state index in [0.29, 0.717) is 27.0 Å². The van der Waals surface area contributed by atoms with Gasteiger partial charge in [0.2, 0.25) is 0 Å². The Kier molecular flexibility index (Phi) is 3.49. The first-order chi connectivity index (χ1) is 8.61. The van der Waals surface area contributed by atoms with Gasteiger partial charge in [-0.1, -0.05) is 0 Å². The molecule has 0 saturated heterocycles. The predicted octanol–water partition coefficient (Wildman–Crippen LogP) is 3.47. The van der Waals surface area contributed by atoms with Crippen molar-refractivity contribution >= 4 is 27.5 Å². The SMILES string of the molecule is Cc1occc1C(=O)Nc1ccc(C#N)cc1Br. The quantitative estimate of drug-likeness (QED) is 0.923. The van der Waals surface area contributed by atoms with E-state index in [4.69, 9.17) is 9.68 Å². The smallest absolute Gasteiger partial charge is 0.259 e. The largest absolute Gasteiger partial charge is 0.469 e. The molecule has 0 unspecified atom stereocenters. The second kappa shape index (κ2) is 5.07. The Bertz CT molecular complexity index is 641. The van der Waals surface area contributed by atoms with Crippen LogP contribution in [0.25, 0.3) is 0 Å². The number of carbonyl (C=O) groups excluding carboxylic acids is 1. The molecule has 2 aromatic rings. The van der Waals surface area contributed by atoms with E-state index in [0.717, 1.165) is 0 Å². The summed E-state index contributed by atoms with van der Waals surface area (Å²) in [6, 6.07) is 8.61. The number of furan rings is 1. The number of benzene rings is 1. The number of amides is 1. The lowest BCUT2D eigenvalue weighted by Gasteiger charge is -2.06. The van der Waals surface area contributed by atoms with Gasteiger partial charge in [0.15, 0.2) is 0 Å². The Balaban J connectivity index is 2.23. The molecule has 5 heteroatoms. The minimum atomic E-state index is -0.244. The van der Waals surface area contributed by atoms with Crippen molar-refractivity contribution in [2.75, 3.05) is 5.32 Å². The van der Waals surface area contributed by atoms with Crippen LogP contribution in [0.15, 0.2) is 39.4 Å². The van der Waals surface area contributed by atoms with Gasteiger partial charge < -0.3 is 9.73 Å². The van der Waals surface area contributed by atoms with E-state index in [-0.39, 0.29) is 5.91 Å². The van der Waals surface area contributed by atoms with Crippen molar-refractivity contribution in [2.45, 2.75) is 6.92 Å². The Morgan fingerprint density at radius 1 is 1.44 bits per heavy atom. The molecule has 0 bridgehead atoms. The molecule has 1 N–H and O–H groups in total. The summed E-state index contributed by atoms with van der Waals surface area (Å²) in [5, 5.41) is 11.5. The number of carbonyl (C=O) groups is 1. The lowest BCUT2D eigenvalue weighted by molar-refractivity contribution is 0.102. The van der Waals surface area contributed by atoms with Crippen LogP contribution in [0.3, 0.4) is 0 Å². The van der Waals surface area contributed by atoms with Crippen LogP contribution in [0.5, 0.6) is 0 Å². The molecule has 0 fully saturated rings. The lowest BCUT2D eigenvalue weighted by atomic mass is 10.2. The third kappa shape index (κ3) is 2.44. The molecule has 0 aliphatic carbocycles. The highest BCUT2D eigenvalue weighted by Gasteiger charge is 2.12. The maximum Gasteiger partial charge on any atom is 0.259 e. The number of halogens is 1. The van der Waals surface area contributed by atoms with Crippen LogP contribution in [0.4, 0.5) is 5.69 Å². The molecule has 1 aromatic heterocycles. The number of hydrogen-bond donors (Lipinski definition) is 1. The average Bonchev–Trinajstić information content (AvgIpc) is 2.78. The molecular weight excluding hydrogens is 296 g/mol. The molecule has 18 heavy (non-hydrogen) atoms. The van der Waals surface area contributed by atoms with Gasteiger partial charge in [-0.05, 0) is 47.1 Å². The van der Waals surface area contributed by atoms with Gasteiger partial charge >= 0.3 is 0 Å². The highest BCUT2D eigenvalue weighted by molar-refractivity contribution is 9.10. The summed E-state index contributed by atoms with van der Waals surface area (Å²) in [6.45, 7) is 1.72. The van der Waals surface area contributed by atoms with E-state index < -0.39 is 0 Å². The standard InChI is InChI=1S/C13H9BrN2O2/c1-8-10(4-5-18-8)13(17)16-12-3-2-9(7-15)6-11(12)14/h2-6H,1H3,(H,16,17). The van der Waals surface area contributed by atoms with E-state index in [1.165, 1.54) is 6.26 Å². The van der Waals surface area contributed by atoms with Gasteiger partial charge in [0.25, 0.3) is 5.91 Å². The van der Waals surface area contributed by atoms with Crippen LogP contribution in [0, 0.1) is 18.3 Å². The summed E-state index contributed by atoms with van der Waals surface area (Å²) >= 11 is 3.31. The zero-order valence-electron chi connectivity index (χ0n) is 9.53. The Labute approximate surface area is 112 Å². The fourth-order valence-electron chi connectivity index (χ4n) is 1.50. The van der Waals surface area contributed by atoms with Crippen LogP contribution < -0.4 is 5.32 Å². The maximum absolute atomic E-state index is 11.9. The van der Waals surface area contributed by atoms with E-state index in [1.807, 2.05) is 6.07 Å². The molecule has 1 amide bonds. The summed E-state index contributed by atoms with van der Waals surface area (Å²) in [6.07, 6.45) is 1.47. The van der Waals surface area contributed by atoms with Gasteiger partial charge in [-0.15, -0.1) is 0 Å². The Morgan fingerprint density at radius 3 is 2.78 bits per heavy atom. The van der Waals surface area contributed by atoms with Crippen molar-refractivity contribution in [3.63, 3.8) is 0 Å². The van der Waals surface area contributed by atoms with Gasteiger partial charge in [-0.2, -0.15) is 5.26 Å². The third-order valence-electron chi connectivity index (χ3n) is 2.45. The van der Waals surface area contributed by atoms with Crippen LogP contribution in [0.2, 0.25) is 0 Å². The summed E-state index contributed by atoms with van der Waals surface area (Å²) in [4.78, 5) is 11.9. The highest BCUT2D eigenvalue weighted by atomic mass is 79.9. The number of rotatable bonds is 2. The first-order valence-electron chi connectivity index (χ1n) is 5.17. The van der Waals surface area contributed by atoms with E-state index in [9.17, 15) is 4.79 Å². The van der Waals surface area contributed by atoms with Crippen LogP contribution in [-0.4, -0.2) is 5.91 Å². The van der Waals surface area contributed by atoms with Crippen molar-refractivity contribution in [2.24, 2.45) is 0 Å². The molecule has 0 saturated carbocycles. The zero-order valence-corrected chi connectivity index (χ0v) is 11.1. The molecular formula is C13H9BrN2O2. The Hall–Kier alpha value is -2.06. The first-order valence-corrected chi connectivity index (χ1v) is 5.96. The summed E-state index contributed by atoms with van der Waals surface area (Å²) in [5.74, 6) is 0.323. The topological polar surface area (TPSA) is 66.0 Å². The van der Waals surface area contributed by atoms with Crippen LogP contribution >= 0.6 is 15.9 Å². The predicted molar refractivity (Wildman–Crippen MR) is 70.3 cm³/mol.